The van der Waals surface area contributed by atoms with Crippen LogP contribution in [0.25, 0.3) is 10.2 Å². The van der Waals surface area contributed by atoms with E-state index in [2.05, 4.69) is 20.9 Å². The van der Waals surface area contributed by atoms with E-state index in [1.165, 1.54) is 11.3 Å². The molecule has 3 aromatic rings. The summed E-state index contributed by atoms with van der Waals surface area (Å²) in [5.41, 5.74) is 1.86. The number of halogens is 3. The monoisotopic (exact) mass is 477 g/mol. The van der Waals surface area contributed by atoms with E-state index in [0.29, 0.717) is 27.9 Å². The van der Waals surface area contributed by atoms with Gasteiger partial charge in [-0.3, -0.25) is 9.69 Å². The average molecular weight is 479 g/mol. The predicted molar refractivity (Wildman–Crippen MR) is 113 cm³/mol. The highest BCUT2D eigenvalue weighted by atomic mass is 79.9. The fourth-order valence-corrected chi connectivity index (χ4v) is 4.00. The molecule has 2 aromatic heterocycles. The summed E-state index contributed by atoms with van der Waals surface area (Å²) in [7, 11) is 3.93. The van der Waals surface area contributed by atoms with Crippen molar-refractivity contribution in [2.24, 2.45) is 0 Å². The smallest absolute Gasteiger partial charge is 0.295 e. The topological polar surface area (TPSA) is 49.6 Å². The number of hydrogen-bond acceptors (Lipinski definition) is 5. The van der Waals surface area contributed by atoms with E-state index in [9.17, 15) is 4.79 Å². The molecule has 0 saturated heterocycles. The summed E-state index contributed by atoms with van der Waals surface area (Å²) in [6.07, 6.45) is 0. The van der Waals surface area contributed by atoms with Crippen LogP contribution < -0.4 is 4.90 Å². The quantitative estimate of drug-likeness (QED) is 0.502. The molecule has 0 unspecified atom stereocenters. The Balaban J connectivity index is 0.00000243. The third-order valence-electron chi connectivity index (χ3n) is 3.72. The number of carbonyl (C=O) groups excluding carboxylic acids is 1. The fraction of sp³-hybridized carbons (Fsp3) is 0.294. The Labute approximate surface area is 175 Å². The number of furan rings is 1. The summed E-state index contributed by atoms with van der Waals surface area (Å²) in [4.78, 5) is 21.3. The largest absolute Gasteiger partial charge is 0.444 e. The van der Waals surface area contributed by atoms with Crippen molar-refractivity contribution in [3.8, 4) is 0 Å². The van der Waals surface area contributed by atoms with Gasteiger partial charge in [0.25, 0.3) is 5.91 Å². The summed E-state index contributed by atoms with van der Waals surface area (Å²) in [6, 6.07) is 7.15. The molecule has 3 rings (SSSR count). The maximum absolute atomic E-state index is 12.9. The fourth-order valence-electron chi connectivity index (χ4n) is 2.35. The second kappa shape index (κ2) is 8.71. The molecule has 0 aliphatic heterocycles. The zero-order valence-electron chi connectivity index (χ0n) is 14.5. The van der Waals surface area contributed by atoms with Crippen molar-refractivity contribution >= 4 is 72.5 Å². The van der Waals surface area contributed by atoms with E-state index >= 15 is 0 Å². The third-order valence-corrected chi connectivity index (χ3v) is 5.68. The molecule has 0 N–H and O–H groups in total. The number of aryl methyl sites for hydroxylation is 1. The Kier molecular flexibility index (Phi) is 7.10. The van der Waals surface area contributed by atoms with Crippen molar-refractivity contribution in [2.75, 3.05) is 32.1 Å². The van der Waals surface area contributed by atoms with Crippen LogP contribution in [0.4, 0.5) is 5.13 Å². The van der Waals surface area contributed by atoms with Crippen LogP contribution in [0.1, 0.15) is 16.1 Å². The molecule has 5 nitrogen and oxygen atoms in total. The highest BCUT2D eigenvalue weighted by Crippen LogP contribution is 2.36. The second-order valence-corrected chi connectivity index (χ2v) is 8.07. The molecule has 0 aliphatic rings. The zero-order chi connectivity index (χ0) is 18.1. The number of fused-ring (bicyclic) bond motifs is 1. The highest BCUT2D eigenvalue weighted by Gasteiger charge is 2.24. The van der Waals surface area contributed by atoms with Crippen LogP contribution in [-0.4, -0.2) is 43.0 Å². The van der Waals surface area contributed by atoms with E-state index in [0.717, 1.165) is 15.8 Å². The van der Waals surface area contributed by atoms with Gasteiger partial charge in [-0.25, -0.2) is 4.98 Å². The van der Waals surface area contributed by atoms with Gasteiger partial charge in [0.1, 0.15) is 0 Å². The number of amides is 1. The van der Waals surface area contributed by atoms with Gasteiger partial charge >= 0.3 is 0 Å². The summed E-state index contributed by atoms with van der Waals surface area (Å²) in [6.45, 7) is 3.19. The molecule has 26 heavy (non-hydrogen) atoms. The summed E-state index contributed by atoms with van der Waals surface area (Å²) in [5.74, 6) is 0.0492. The van der Waals surface area contributed by atoms with E-state index in [-0.39, 0.29) is 24.1 Å². The normalized spacial score (nSPS) is 11.0. The molecule has 0 fully saturated rings. The number of nitrogens with zero attached hydrogens (tertiary/aromatic N) is 3. The van der Waals surface area contributed by atoms with Crippen LogP contribution in [0.3, 0.4) is 0 Å². The number of carbonyl (C=O) groups is 1. The third kappa shape index (κ3) is 4.40. The number of anilines is 1. The van der Waals surface area contributed by atoms with Crippen LogP contribution in [-0.2, 0) is 0 Å². The van der Waals surface area contributed by atoms with Gasteiger partial charge in [-0.1, -0.05) is 29.0 Å². The molecule has 2 heterocycles. The van der Waals surface area contributed by atoms with Gasteiger partial charge in [-0.2, -0.15) is 0 Å². The number of thiazole rings is 1. The molecule has 0 radical (unpaired) electrons. The van der Waals surface area contributed by atoms with E-state index in [1.807, 2.05) is 38.1 Å². The highest BCUT2D eigenvalue weighted by molar-refractivity contribution is 9.10. The standard InChI is InChI=1S/C17H17BrClN3O2S.ClH/c1-10-4-5-11(19)15-14(10)20-17(25-15)22(9-8-21(2)3)16(23)12-6-7-13(18)24-12;/h4-7H,8-9H2,1-3H3;1H. The van der Waals surface area contributed by atoms with Crippen LogP contribution >= 0.6 is 51.3 Å². The van der Waals surface area contributed by atoms with Gasteiger partial charge in [0, 0.05) is 13.1 Å². The van der Waals surface area contributed by atoms with Gasteiger partial charge in [-0.15, -0.1) is 12.4 Å². The van der Waals surface area contributed by atoms with Crippen molar-refractivity contribution in [1.82, 2.24) is 9.88 Å². The van der Waals surface area contributed by atoms with Crippen molar-refractivity contribution in [1.29, 1.82) is 0 Å². The van der Waals surface area contributed by atoms with Crippen LogP contribution in [0.5, 0.6) is 0 Å². The maximum atomic E-state index is 12.9. The summed E-state index contributed by atoms with van der Waals surface area (Å²) >= 11 is 11.0. The maximum Gasteiger partial charge on any atom is 0.295 e. The number of rotatable bonds is 5. The van der Waals surface area contributed by atoms with Gasteiger partial charge in [-0.05, 0) is 60.7 Å². The van der Waals surface area contributed by atoms with Crippen LogP contribution in [0.15, 0.2) is 33.4 Å². The van der Waals surface area contributed by atoms with Crippen molar-refractivity contribution in [3.63, 3.8) is 0 Å². The number of benzene rings is 1. The Bertz CT molecular complexity index is 887. The second-order valence-electron chi connectivity index (χ2n) is 5.90. The number of aromatic nitrogens is 1. The first-order valence-corrected chi connectivity index (χ1v) is 9.63. The Morgan fingerprint density at radius 3 is 2.58 bits per heavy atom. The van der Waals surface area contributed by atoms with Gasteiger partial charge in [0.15, 0.2) is 15.6 Å². The number of likely N-dealkylation sites (N-methyl/N-ethyl adjacent to an activating group) is 1. The summed E-state index contributed by atoms with van der Waals surface area (Å²) < 4.78 is 6.85. The molecule has 1 amide bonds. The molecular formula is C17H18BrCl2N3O2S. The lowest BCUT2D eigenvalue weighted by Crippen LogP contribution is -2.36. The first kappa shape index (κ1) is 21.2. The average Bonchev–Trinajstić information content (AvgIpc) is 3.18. The first-order valence-electron chi connectivity index (χ1n) is 7.64. The minimum atomic E-state index is -0.222. The van der Waals surface area contributed by atoms with Gasteiger partial charge in [0.2, 0.25) is 0 Å². The molecule has 0 spiro atoms. The number of hydrogen-bond donors (Lipinski definition) is 0. The minimum absolute atomic E-state index is 0. The molecule has 1 aromatic carbocycles. The molecule has 0 saturated carbocycles. The van der Waals surface area contributed by atoms with Gasteiger partial charge < -0.3 is 9.32 Å². The Morgan fingerprint density at radius 2 is 2.00 bits per heavy atom. The molecule has 9 heteroatoms. The van der Waals surface area contributed by atoms with Crippen molar-refractivity contribution in [3.05, 3.63) is 45.3 Å². The SMILES string of the molecule is Cc1ccc(Cl)c2sc(N(CCN(C)C)C(=O)c3ccc(Br)o3)nc12.Cl. The summed E-state index contributed by atoms with van der Waals surface area (Å²) in [5, 5.41) is 1.26. The Morgan fingerprint density at radius 1 is 1.27 bits per heavy atom. The van der Waals surface area contributed by atoms with Crippen molar-refractivity contribution < 1.29 is 9.21 Å². The zero-order valence-corrected chi connectivity index (χ0v) is 18.4. The lowest BCUT2D eigenvalue weighted by Gasteiger charge is -2.20. The van der Waals surface area contributed by atoms with E-state index < -0.39 is 0 Å². The predicted octanol–water partition coefficient (Wildman–Crippen LogP) is 5.24. The van der Waals surface area contributed by atoms with E-state index in [1.54, 1.807) is 17.0 Å². The van der Waals surface area contributed by atoms with E-state index in [4.69, 9.17) is 16.0 Å². The van der Waals surface area contributed by atoms with Crippen LogP contribution in [0, 0.1) is 6.92 Å². The first-order chi connectivity index (χ1) is 11.9. The van der Waals surface area contributed by atoms with Crippen LogP contribution in [0.2, 0.25) is 5.02 Å². The lowest BCUT2D eigenvalue weighted by atomic mass is 10.2. The molecular weight excluding hydrogens is 461 g/mol. The molecule has 0 atom stereocenters. The van der Waals surface area contributed by atoms with Crippen molar-refractivity contribution in [2.45, 2.75) is 6.92 Å². The molecule has 140 valence electrons. The molecule has 0 aliphatic carbocycles. The van der Waals surface area contributed by atoms with Gasteiger partial charge in [0.05, 0.1) is 15.2 Å². The molecule has 0 bridgehead atoms. The Hall–Kier alpha value is -1.12. The minimum Gasteiger partial charge on any atom is -0.444 e. The lowest BCUT2D eigenvalue weighted by molar-refractivity contribution is 0.0957.